The third-order valence-electron chi connectivity index (χ3n) is 3.66. The van der Waals surface area contributed by atoms with Crippen LogP contribution in [-0.2, 0) is 6.54 Å². The van der Waals surface area contributed by atoms with Gasteiger partial charge in [-0.05, 0) is 38.1 Å². The lowest BCUT2D eigenvalue weighted by Gasteiger charge is -2.24. The SMILES string of the molecule is FC(F)(F)Cn1c(NC2CCNCC2)nc2ccccc21. The Morgan fingerprint density at radius 3 is 2.67 bits per heavy atom. The predicted octanol–water partition coefficient (Wildman–Crippen LogP) is 2.76. The summed E-state index contributed by atoms with van der Waals surface area (Å²) in [5.41, 5.74) is 1.09. The van der Waals surface area contributed by atoms with Crippen molar-refractivity contribution in [3.05, 3.63) is 24.3 Å². The zero-order valence-corrected chi connectivity index (χ0v) is 11.5. The lowest BCUT2D eigenvalue weighted by molar-refractivity contribution is -0.139. The highest BCUT2D eigenvalue weighted by Crippen LogP contribution is 2.26. The van der Waals surface area contributed by atoms with Gasteiger partial charge in [0, 0.05) is 6.04 Å². The average Bonchev–Trinajstić information content (AvgIpc) is 2.76. The highest BCUT2D eigenvalue weighted by molar-refractivity contribution is 5.78. The van der Waals surface area contributed by atoms with Crippen molar-refractivity contribution in [1.82, 2.24) is 14.9 Å². The number of nitrogens with zero attached hydrogens (tertiary/aromatic N) is 2. The predicted molar refractivity (Wildman–Crippen MR) is 75.3 cm³/mol. The number of halogens is 3. The molecule has 2 N–H and O–H groups in total. The van der Waals surface area contributed by atoms with Crippen LogP contribution >= 0.6 is 0 Å². The summed E-state index contributed by atoms with van der Waals surface area (Å²) in [5.74, 6) is 0.306. The summed E-state index contributed by atoms with van der Waals surface area (Å²) < 4.78 is 39.7. The molecule has 0 bridgehead atoms. The third-order valence-corrected chi connectivity index (χ3v) is 3.66. The first kappa shape index (κ1) is 14.2. The number of imidazole rings is 1. The molecule has 21 heavy (non-hydrogen) atoms. The van der Waals surface area contributed by atoms with Crippen LogP contribution in [0.2, 0.25) is 0 Å². The number of para-hydroxylation sites is 2. The van der Waals surface area contributed by atoms with Crippen LogP contribution in [0.3, 0.4) is 0 Å². The van der Waals surface area contributed by atoms with Crippen molar-refractivity contribution >= 4 is 17.0 Å². The van der Waals surface area contributed by atoms with Gasteiger partial charge in [-0.2, -0.15) is 13.2 Å². The van der Waals surface area contributed by atoms with Gasteiger partial charge in [-0.15, -0.1) is 0 Å². The van der Waals surface area contributed by atoms with Gasteiger partial charge >= 0.3 is 6.18 Å². The van der Waals surface area contributed by atoms with Crippen molar-refractivity contribution in [2.75, 3.05) is 18.4 Å². The van der Waals surface area contributed by atoms with E-state index in [-0.39, 0.29) is 6.04 Å². The first-order valence-electron chi connectivity index (χ1n) is 7.02. The second-order valence-electron chi connectivity index (χ2n) is 5.29. The molecule has 0 unspecified atom stereocenters. The summed E-state index contributed by atoms with van der Waals surface area (Å²) in [7, 11) is 0. The number of nitrogens with one attached hydrogen (secondary N) is 2. The molecule has 1 aliphatic rings. The number of hydrogen-bond donors (Lipinski definition) is 2. The number of anilines is 1. The molecule has 1 saturated heterocycles. The van der Waals surface area contributed by atoms with Crippen molar-refractivity contribution in [2.24, 2.45) is 0 Å². The monoisotopic (exact) mass is 298 g/mol. The molecule has 4 nitrogen and oxygen atoms in total. The van der Waals surface area contributed by atoms with E-state index in [0.29, 0.717) is 17.0 Å². The molecular weight excluding hydrogens is 281 g/mol. The third kappa shape index (κ3) is 3.29. The summed E-state index contributed by atoms with van der Waals surface area (Å²) in [6.45, 7) is 0.717. The van der Waals surface area contributed by atoms with E-state index in [1.165, 1.54) is 4.57 Å². The number of alkyl halides is 3. The molecule has 1 fully saturated rings. The standard InChI is InChI=1S/C14H17F3N4/c15-14(16,17)9-21-12-4-2-1-3-11(12)20-13(21)19-10-5-7-18-8-6-10/h1-4,10,18H,5-9H2,(H,19,20). The van der Waals surface area contributed by atoms with E-state index in [1.807, 2.05) is 0 Å². The highest BCUT2D eigenvalue weighted by atomic mass is 19.4. The summed E-state index contributed by atoms with van der Waals surface area (Å²) >= 11 is 0. The fourth-order valence-corrected chi connectivity index (χ4v) is 2.67. The number of piperidine rings is 1. The summed E-state index contributed by atoms with van der Waals surface area (Å²) in [5, 5.41) is 6.41. The van der Waals surface area contributed by atoms with E-state index in [0.717, 1.165) is 25.9 Å². The van der Waals surface area contributed by atoms with E-state index in [2.05, 4.69) is 15.6 Å². The Kier molecular flexibility index (Phi) is 3.75. The smallest absolute Gasteiger partial charge is 0.353 e. The molecule has 2 aromatic rings. The minimum atomic E-state index is -4.27. The second-order valence-corrected chi connectivity index (χ2v) is 5.29. The van der Waals surface area contributed by atoms with Crippen molar-refractivity contribution in [1.29, 1.82) is 0 Å². The van der Waals surface area contributed by atoms with Gasteiger partial charge in [-0.25, -0.2) is 4.98 Å². The van der Waals surface area contributed by atoms with E-state index >= 15 is 0 Å². The maximum Gasteiger partial charge on any atom is 0.406 e. The molecule has 0 radical (unpaired) electrons. The molecule has 114 valence electrons. The zero-order chi connectivity index (χ0) is 14.9. The Morgan fingerprint density at radius 1 is 1.24 bits per heavy atom. The molecule has 2 heterocycles. The van der Waals surface area contributed by atoms with Crippen LogP contribution in [0, 0.1) is 0 Å². The minimum absolute atomic E-state index is 0.162. The van der Waals surface area contributed by atoms with Crippen molar-refractivity contribution in [2.45, 2.75) is 31.6 Å². The van der Waals surface area contributed by atoms with E-state index < -0.39 is 12.7 Å². The van der Waals surface area contributed by atoms with Gasteiger partial charge < -0.3 is 15.2 Å². The molecule has 1 aromatic carbocycles. The molecule has 0 aliphatic carbocycles. The Morgan fingerprint density at radius 2 is 1.95 bits per heavy atom. The summed E-state index contributed by atoms with van der Waals surface area (Å²) in [6.07, 6.45) is -2.50. The summed E-state index contributed by atoms with van der Waals surface area (Å²) in [6, 6.07) is 7.07. The fourth-order valence-electron chi connectivity index (χ4n) is 2.67. The van der Waals surface area contributed by atoms with Crippen molar-refractivity contribution in [3.8, 4) is 0 Å². The summed E-state index contributed by atoms with van der Waals surface area (Å²) in [4.78, 5) is 4.32. The van der Waals surface area contributed by atoms with Crippen LogP contribution in [0.1, 0.15) is 12.8 Å². The minimum Gasteiger partial charge on any atom is -0.353 e. The van der Waals surface area contributed by atoms with Crippen molar-refractivity contribution in [3.63, 3.8) is 0 Å². The van der Waals surface area contributed by atoms with Crippen LogP contribution in [0.15, 0.2) is 24.3 Å². The Hall–Kier alpha value is -1.76. The lowest BCUT2D eigenvalue weighted by atomic mass is 10.1. The molecule has 0 saturated carbocycles. The van der Waals surface area contributed by atoms with E-state index in [1.54, 1.807) is 24.3 Å². The molecule has 0 spiro atoms. The first-order chi connectivity index (χ1) is 10.0. The van der Waals surface area contributed by atoms with Crippen molar-refractivity contribution < 1.29 is 13.2 Å². The maximum atomic E-state index is 12.8. The molecule has 0 atom stereocenters. The number of benzene rings is 1. The Labute approximate surface area is 120 Å². The number of fused-ring (bicyclic) bond motifs is 1. The van der Waals surface area contributed by atoms with Gasteiger partial charge in [-0.3, -0.25) is 0 Å². The molecule has 1 aliphatic heterocycles. The van der Waals surface area contributed by atoms with Crippen LogP contribution < -0.4 is 10.6 Å². The van der Waals surface area contributed by atoms with E-state index in [4.69, 9.17) is 0 Å². The van der Waals surface area contributed by atoms with E-state index in [9.17, 15) is 13.2 Å². The normalized spacial score (nSPS) is 17.3. The van der Waals surface area contributed by atoms with Gasteiger partial charge in [0.2, 0.25) is 5.95 Å². The first-order valence-corrected chi connectivity index (χ1v) is 7.02. The van der Waals surface area contributed by atoms with Gasteiger partial charge in [0.1, 0.15) is 6.54 Å². The largest absolute Gasteiger partial charge is 0.406 e. The molecule has 0 amide bonds. The number of hydrogen-bond acceptors (Lipinski definition) is 3. The van der Waals surface area contributed by atoms with Gasteiger partial charge in [0.05, 0.1) is 11.0 Å². The molecule has 3 rings (SSSR count). The van der Waals surface area contributed by atoms with Crippen LogP contribution in [0.5, 0.6) is 0 Å². The quantitative estimate of drug-likeness (QED) is 0.915. The fraction of sp³-hybridized carbons (Fsp3) is 0.500. The van der Waals surface area contributed by atoms with Crippen LogP contribution in [0.4, 0.5) is 19.1 Å². The lowest BCUT2D eigenvalue weighted by Crippen LogP contribution is -2.36. The zero-order valence-electron chi connectivity index (χ0n) is 11.5. The molecular formula is C14H17F3N4. The van der Waals surface area contributed by atoms with Gasteiger partial charge in [0.25, 0.3) is 0 Å². The number of rotatable bonds is 3. The topological polar surface area (TPSA) is 41.9 Å². The Balaban J connectivity index is 1.93. The highest BCUT2D eigenvalue weighted by Gasteiger charge is 2.30. The molecule has 1 aromatic heterocycles. The van der Waals surface area contributed by atoms with Gasteiger partial charge in [0.15, 0.2) is 0 Å². The van der Waals surface area contributed by atoms with Crippen LogP contribution in [-0.4, -0.2) is 34.9 Å². The average molecular weight is 298 g/mol. The van der Waals surface area contributed by atoms with Gasteiger partial charge in [-0.1, -0.05) is 12.1 Å². The molecule has 7 heteroatoms. The number of aromatic nitrogens is 2. The van der Waals surface area contributed by atoms with Crippen LogP contribution in [0.25, 0.3) is 11.0 Å². The second kappa shape index (κ2) is 5.55. The maximum absolute atomic E-state index is 12.8. The Bertz CT molecular complexity index is 614.